The van der Waals surface area contributed by atoms with E-state index in [1.807, 2.05) is 11.1 Å². The molecule has 5 rings (SSSR count). The third-order valence-electron chi connectivity index (χ3n) is 8.68. The molecule has 3 heterocycles. The van der Waals surface area contributed by atoms with Crippen LogP contribution in [0.5, 0.6) is 0 Å². The number of fused-ring (bicyclic) bond motifs is 2. The fourth-order valence-electron chi connectivity index (χ4n) is 6.67. The van der Waals surface area contributed by atoms with E-state index in [-0.39, 0.29) is 48.1 Å². The second-order valence-electron chi connectivity index (χ2n) is 11.0. The Hall–Kier alpha value is -2.98. The van der Waals surface area contributed by atoms with Crippen molar-refractivity contribution in [2.75, 3.05) is 20.1 Å². The number of benzene rings is 1. The van der Waals surface area contributed by atoms with Crippen molar-refractivity contribution in [3.8, 4) is 0 Å². The van der Waals surface area contributed by atoms with Gasteiger partial charge in [0.15, 0.2) is 0 Å². The van der Waals surface area contributed by atoms with Gasteiger partial charge < -0.3 is 30.6 Å². The van der Waals surface area contributed by atoms with E-state index in [0.29, 0.717) is 12.1 Å². The lowest BCUT2D eigenvalue weighted by Gasteiger charge is -2.36. The van der Waals surface area contributed by atoms with Gasteiger partial charge in [-0.3, -0.25) is 14.4 Å². The van der Waals surface area contributed by atoms with E-state index in [1.165, 1.54) is 19.1 Å². The van der Waals surface area contributed by atoms with Crippen LogP contribution in [0, 0.1) is 11.7 Å². The molecule has 10 heteroatoms. The average molecular weight is 528 g/mol. The number of rotatable bonds is 7. The summed E-state index contributed by atoms with van der Waals surface area (Å²) in [6.45, 7) is 3.99. The number of likely N-dealkylation sites (tertiary alicyclic amines) is 1. The van der Waals surface area contributed by atoms with E-state index < -0.39 is 24.2 Å². The predicted octanol–water partition coefficient (Wildman–Crippen LogP) is 2.18. The maximum absolute atomic E-state index is 14.4. The van der Waals surface area contributed by atoms with Gasteiger partial charge in [0.25, 0.3) is 0 Å². The Morgan fingerprint density at radius 2 is 1.95 bits per heavy atom. The van der Waals surface area contributed by atoms with Crippen LogP contribution in [0.15, 0.2) is 24.4 Å². The normalized spacial score (nSPS) is 27.2. The second-order valence-corrected chi connectivity index (χ2v) is 11.0. The number of amides is 2. The highest BCUT2D eigenvalue weighted by atomic mass is 19.1. The highest BCUT2D eigenvalue weighted by Crippen LogP contribution is 2.41. The molecule has 3 fully saturated rings. The van der Waals surface area contributed by atoms with Gasteiger partial charge in [-0.1, -0.05) is 19.3 Å². The molecule has 2 amide bonds. The molecular weight excluding hydrogens is 489 g/mol. The summed E-state index contributed by atoms with van der Waals surface area (Å²) in [6.07, 6.45) is 6.36. The van der Waals surface area contributed by atoms with Crippen LogP contribution >= 0.6 is 0 Å². The number of carbonyl (C=O) groups excluding carboxylic acids is 3. The van der Waals surface area contributed by atoms with E-state index in [1.54, 1.807) is 20.0 Å². The smallest absolute Gasteiger partial charge is 0.303 e. The average Bonchev–Trinajstić information content (AvgIpc) is 3.61. The zero-order chi connectivity index (χ0) is 27.0. The standard InChI is InChI=1S/C28H38FN5O4/c1-15(30-3)27(36)33-24(17-7-5-4-6-8-17)28(37)34-14-23(38-16(2)35)25-26(34)21(13-32-25)20-12-31-22-11-18(29)9-10-19(20)22/h9-12,15,17,21,23-26,30-32H,4-8,13-14H2,1-3H3,(H,33,36)/t15-,21-,23+,24-,25+,26+/m0/s1. The van der Waals surface area contributed by atoms with Crippen LogP contribution in [-0.2, 0) is 19.1 Å². The third-order valence-corrected chi connectivity index (χ3v) is 8.68. The van der Waals surface area contributed by atoms with Gasteiger partial charge in [0, 0.05) is 36.5 Å². The number of hydrogen-bond donors (Lipinski definition) is 4. The van der Waals surface area contributed by atoms with Crippen LogP contribution < -0.4 is 16.0 Å². The number of likely N-dealkylation sites (N-methyl/N-ethyl adjacent to an activating group) is 1. The van der Waals surface area contributed by atoms with Crippen LogP contribution in [0.3, 0.4) is 0 Å². The van der Waals surface area contributed by atoms with Gasteiger partial charge in [-0.2, -0.15) is 0 Å². The van der Waals surface area contributed by atoms with Gasteiger partial charge in [0.2, 0.25) is 11.8 Å². The van der Waals surface area contributed by atoms with Gasteiger partial charge >= 0.3 is 5.97 Å². The Balaban J connectivity index is 1.49. The molecule has 0 radical (unpaired) electrons. The van der Waals surface area contributed by atoms with Crippen molar-refractivity contribution in [1.82, 2.24) is 25.8 Å². The summed E-state index contributed by atoms with van der Waals surface area (Å²) in [5.41, 5.74) is 1.69. The number of nitrogens with zero attached hydrogens (tertiary/aromatic N) is 1. The summed E-state index contributed by atoms with van der Waals surface area (Å²) in [6, 6.07) is 3.08. The van der Waals surface area contributed by atoms with Crippen molar-refractivity contribution < 1.29 is 23.5 Å². The summed E-state index contributed by atoms with van der Waals surface area (Å²) in [7, 11) is 1.72. The van der Waals surface area contributed by atoms with Gasteiger partial charge in [0.05, 0.1) is 24.7 Å². The predicted molar refractivity (Wildman–Crippen MR) is 141 cm³/mol. The number of aromatic nitrogens is 1. The van der Waals surface area contributed by atoms with Crippen molar-refractivity contribution in [2.45, 2.75) is 82.1 Å². The lowest BCUT2D eigenvalue weighted by molar-refractivity contribution is -0.147. The summed E-state index contributed by atoms with van der Waals surface area (Å²) >= 11 is 0. The minimum atomic E-state index is -0.645. The Labute approximate surface area is 222 Å². The van der Waals surface area contributed by atoms with Gasteiger partial charge in [0.1, 0.15) is 18.0 Å². The van der Waals surface area contributed by atoms with Crippen molar-refractivity contribution in [1.29, 1.82) is 0 Å². The van der Waals surface area contributed by atoms with E-state index in [2.05, 4.69) is 20.9 Å². The molecule has 9 nitrogen and oxygen atoms in total. The molecular formula is C28H38FN5O4. The highest BCUT2D eigenvalue weighted by Gasteiger charge is 2.54. The maximum Gasteiger partial charge on any atom is 0.303 e. The molecule has 0 spiro atoms. The number of ether oxygens (including phenoxy) is 1. The first kappa shape index (κ1) is 26.6. The molecule has 1 aromatic carbocycles. The van der Waals surface area contributed by atoms with E-state index in [9.17, 15) is 18.8 Å². The fourth-order valence-corrected chi connectivity index (χ4v) is 6.67. The first-order valence-electron chi connectivity index (χ1n) is 13.7. The van der Waals surface area contributed by atoms with E-state index in [4.69, 9.17) is 4.74 Å². The van der Waals surface area contributed by atoms with Crippen LogP contribution in [0.4, 0.5) is 4.39 Å². The zero-order valence-corrected chi connectivity index (χ0v) is 22.3. The molecule has 3 aliphatic rings. The first-order chi connectivity index (χ1) is 18.3. The number of hydrogen-bond acceptors (Lipinski definition) is 6. The highest BCUT2D eigenvalue weighted by molar-refractivity contribution is 5.91. The third kappa shape index (κ3) is 5.03. The largest absolute Gasteiger partial charge is 0.459 e. The second kappa shape index (κ2) is 11.0. The van der Waals surface area contributed by atoms with E-state index in [0.717, 1.165) is 43.1 Å². The molecule has 6 atom stereocenters. The minimum Gasteiger partial charge on any atom is -0.459 e. The van der Waals surface area contributed by atoms with Crippen molar-refractivity contribution >= 4 is 28.7 Å². The molecule has 4 N–H and O–H groups in total. The van der Waals surface area contributed by atoms with Gasteiger partial charge in [-0.25, -0.2) is 4.39 Å². The number of aromatic amines is 1. The summed E-state index contributed by atoms with van der Waals surface area (Å²) < 4.78 is 19.5. The minimum absolute atomic E-state index is 0.0550. The topological polar surface area (TPSA) is 116 Å². The molecule has 206 valence electrons. The quantitative estimate of drug-likeness (QED) is 0.411. The maximum atomic E-state index is 14.4. The van der Waals surface area contributed by atoms with Gasteiger partial charge in [-0.15, -0.1) is 0 Å². The Morgan fingerprint density at radius 1 is 1.18 bits per heavy atom. The molecule has 0 bridgehead atoms. The molecule has 2 aromatic rings. The number of esters is 1. The molecule has 1 aromatic heterocycles. The monoisotopic (exact) mass is 527 g/mol. The lowest BCUT2D eigenvalue weighted by atomic mass is 9.82. The number of carbonyl (C=O) groups is 3. The SMILES string of the molecule is CN[C@@H](C)C(=O)N[C@H](C(=O)N1C[C@@H](OC(C)=O)[C@H]2NC[C@@H](c3c[nH]c4cc(F)ccc34)[C@H]21)C1CCCCC1. The van der Waals surface area contributed by atoms with E-state index >= 15 is 0 Å². The molecule has 0 unspecified atom stereocenters. The summed E-state index contributed by atoms with van der Waals surface area (Å²) in [5.74, 6) is -1.08. The van der Waals surface area contributed by atoms with Crippen LogP contribution in [0.2, 0.25) is 0 Å². The van der Waals surface area contributed by atoms with Crippen LogP contribution in [0.1, 0.15) is 57.4 Å². The Morgan fingerprint density at radius 3 is 2.66 bits per heavy atom. The van der Waals surface area contributed by atoms with Crippen molar-refractivity contribution in [2.24, 2.45) is 5.92 Å². The molecule has 1 aliphatic carbocycles. The van der Waals surface area contributed by atoms with Crippen molar-refractivity contribution in [3.63, 3.8) is 0 Å². The number of halogens is 1. The molecule has 1 saturated carbocycles. The van der Waals surface area contributed by atoms with Crippen molar-refractivity contribution in [3.05, 3.63) is 35.8 Å². The van der Waals surface area contributed by atoms with Gasteiger partial charge in [-0.05, 0) is 56.5 Å². The Kier molecular flexibility index (Phi) is 7.72. The lowest BCUT2D eigenvalue weighted by Crippen LogP contribution is -2.57. The molecule has 2 saturated heterocycles. The molecule has 2 aliphatic heterocycles. The number of H-pyrrole nitrogens is 1. The number of nitrogens with one attached hydrogen (secondary N) is 4. The Bertz CT molecular complexity index is 1200. The van der Waals surface area contributed by atoms with Crippen LogP contribution in [0.25, 0.3) is 10.9 Å². The molecule has 38 heavy (non-hydrogen) atoms. The van der Waals surface area contributed by atoms with Crippen LogP contribution in [-0.4, -0.2) is 78.1 Å². The fraction of sp³-hybridized carbons (Fsp3) is 0.607. The summed E-state index contributed by atoms with van der Waals surface area (Å²) in [4.78, 5) is 44.3. The first-order valence-corrected chi connectivity index (χ1v) is 13.7. The zero-order valence-electron chi connectivity index (χ0n) is 22.3. The summed E-state index contributed by atoms with van der Waals surface area (Å²) in [5, 5.41) is 10.4.